The van der Waals surface area contributed by atoms with Gasteiger partial charge in [-0.15, -0.1) is 0 Å². The number of ether oxygens (including phenoxy) is 10. The van der Waals surface area contributed by atoms with E-state index in [0.29, 0.717) is 119 Å². The van der Waals surface area contributed by atoms with Gasteiger partial charge in [0.2, 0.25) is 0 Å². The van der Waals surface area contributed by atoms with Gasteiger partial charge >= 0.3 is 0 Å². The molecule has 0 aliphatic rings. The zero-order chi connectivity index (χ0) is 32.4. The van der Waals surface area contributed by atoms with Gasteiger partial charge in [-0.05, 0) is 18.6 Å². The van der Waals surface area contributed by atoms with Crippen LogP contribution in [-0.2, 0) is 61.7 Å². The topological polar surface area (TPSA) is 136 Å². The molecule has 13 nitrogen and oxygen atoms in total. The molecule has 45 heavy (non-hydrogen) atoms. The maximum absolute atomic E-state index is 12.0. The summed E-state index contributed by atoms with van der Waals surface area (Å²) in [5.41, 5.74) is 0. The third-order valence-corrected chi connectivity index (χ3v) is 7.06. The minimum absolute atomic E-state index is 0.0559. The summed E-state index contributed by atoms with van der Waals surface area (Å²) in [6, 6.07) is 7.99. The van der Waals surface area contributed by atoms with Crippen LogP contribution in [0.4, 0.5) is 0 Å². The van der Waals surface area contributed by atoms with Crippen LogP contribution in [0.2, 0.25) is 0 Å². The van der Waals surface area contributed by atoms with E-state index in [0.717, 1.165) is 13.0 Å². The average Bonchev–Trinajstić information content (AvgIpc) is 3.05. The molecule has 0 amide bonds. The van der Waals surface area contributed by atoms with Crippen LogP contribution >= 0.6 is 0 Å². The molecule has 0 saturated carbocycles. The van der Waals surface area contributed by atoms with Gasteiger partial charge in [0.1, 0.15) is 0 Å². The maximum Gasteiger partial charge on any atom is 0.297 e. The summed E-state index contributed by atoms with van der Waals surface area (Å²) in [4.78, 5) is 0.122. The quantitative estimate of drug-likeness (QED) is 0.0767. The SMILES string of the molecule is CCCCCOCCOCCOCCOCCOCCOCCOCCOCCOCCOCCOS(=O)(=O)c1ccccc1. The number of rotatable bonds is 36. The van der Waals surface area contributed by atoms with Gasteiger partial charge in [-0.2, -0.15) is 8.42 Å². The first-order chi connectivity index (χ1) is 22.2. The fraction of sp³-hybridized carbons (Fsp3) is 0.806. The van der Waals surface area contributed by atoms with Crippen LogP contribution in [0.3, 0.4) is 0 Å². The van der Waals surface area contributed by atoms with Crippen molar-refractivity contribution in [3.8, 4) is 0 Å². The molecule has 0 bridgehead atoms. The van der Waals surface area contributed by atoms with E-state index in [9.17, 15) is 8.42 Å². The molecule has 0 aliphatic carbocycles. The van der Waals surface area contributed by atoms with E-state index in [1.807, 2.05) is 0 Å². The van der Waals surface area contributed by atoms with Gasteiger partial charge in [-0.1, -0.05) is 38.0 Å². The second kappa shape index (κ2) is 32.7. The summed E-state index contributed by atoms with van der Waals surface area (Å²) in [5, 5.41) is 0. The Kier molecular flexibility index (Phi) is 30.3. The number of hydrogen-bond acceptors (Lipinski definition) is 13. The lowest BCUT2D eigenvalue weighted by atomic mass is 10.3. The van der Waals surface area contributed by atoms with Gasteiger partial charge in [-0.3, -0.25) is 4.18 Å². The Balaban J connectivity index is 1.66. The molecule has 264 valence electrons. The Morgan fingerprint density at radius 1 is 0.400 bits per heavy atom. The van der Waals surface area contributed by atoms with E-state index >= 15 is 0 Å². The van der Waals surface area contributed by atoms with Crippen molar-refractivity contribution in [2.75, 3.05) is 139 Å². The number of unbranched alkanes of at least 4 members (excludes halogenated alkanes) is 2. The van der Waals surface area contributed by atoms with E-state index in [4.69, 9.17) is 51.6 Å². The highest BCUT2D eigenvalue weighted by molar-refractivity contribution is 7.86. The van der Waals surface area contributed by atoms with Crippen molar-refractivity contribution in [2.24, 2.45) is 0 Å². The van der Waals surface area contributed by atoms with E-state index in [1.165, 1.54) is 25.0 Å². The zero-order valence-corrected chi connectivity index (χ0v) is 27.9. The molecule has 1 rings (SSSR count). The summed E-state index contributed by atoms with van der Waals surface area (Å²) in [6.45, 7) is 11.9. The molecule has 0 saturated heterocycles. The fourth-order valence-corrected chi connectivity index (χ4v) is 4.31. The van der Waals surface area contributed by atoms with Crippen LogP contribution in [0.25, 0.3) is 0 Å². The molecule has 0 atom stereocenters. The molecule has 0 fully saturated rings. The van der Waals surface area contributed by atoms with Gasteiger partial charge < -0.3 is 47.4 Å². The normalized spacial score (nSPS) is 11.8. The molecule has 1 aromatic carbocycles. The lowest BCUT2D eigenvalue weighted by molar-refractivity contribution is -0.0267. The van der Waals surface area contributed by atoms with Gasteiger partial charge in [-0.25, -0.2) is 0 Å². The Labute approximate surface area is 270 Å². The summed E-state index contributed by atoms with van der Waals surface area (Å²) in [6.07, 6.45) is 3.52. The number of benzene rings is 1. The minimum Gasteiger partial charge on any atom is -0.379 e. The van der Waals surface area contributed by atoms with Crippen molar-refractivity contribution in [1.29, 1.82) is 0 Å². The lowest BCUT2D eigenvalue weighted by Gasteiger charge is -2.09. The van der Waals surface area contributed by atoms with E-state index in [1.54, 1.807) is 18.2 Å². The summed E-state index contributed by atoms with van der Waals surface area (Å²) in [5.74, 6) is 0. The Hall–Kier alpha value is -1.27. The summed E-state index contributed by atoms with van der Waals surface area (Å²) >= 11 is 0. The first kappa shape index (κ1) is 41.8. The zero-order valence-electron chi connectivity index (χ0n) is 27.1. The van der Waals surface area contributed by atoms with Gasteiger partial charge in [0.25, 0.3) is 10.1 Å². The van der Waals surface area contributed by atoms with Gasteiger partial charge in [0.05, 0.1) is 137 Å². The Bertz CT molecular complexity index is 830. The van der Waals surface area contributed by atoms with Crippen LogP contribution < -0.4 is 0 Å². The highest BCUT2D eigenvalue weighted by Crippen LogP contribution is 2.10. The van der Waals surface area contributed by atoms with Crippen LogP contribution in [0.5, 0.6) is 0 Å². The molecular formula is C31H56O13S. The molecule has 0 aliphatic heterocycles. The van der Waals surface area contributed by atoms with E-state index in [2.05, 4.69) is 6.92 Å². The first-order valence-electron chi connectivity index (χ1n) is 15.9. The Morgan fingerprint density at radius 2 is 0.689 bits per heavy atom. The second-order valence-electron chi connectivity index (χ2n) is 9.42. The first-order valence-corrected chi connectivity index (χ1v) is 17.3. The van der Waals surface area contributed by atoms with Crippen molar-refractivity contribution in [3.05, 3.63) is 30.3 Å². The molecule has 0 heterocycles. The van der Waals surface area contributed by atoms with Crippen molar-refractivity contribution in [3.63, 3.8) is 0 Å². The molecule has 0 spiro atoms. The summed E-state index contributed by atoms with van der Waals surface area (Å²) < 4.78 is 83.3. The molecule has 0 unspecified atom stereocenters. The predicted molar refractivity (Wildman–Crippen MR) is 167 cm³/mol. The molecular weight excluding hydrogens is 612 g/mol. The molecule has 0 N–H and O–H groups in total. The Morgan fingerprint density at radius 3 is 1.00 bits per heavy atom. The average molecular weight is 669 g/mol. The molecule has 0 radical (unpaired) electrons. The third kappa shape index (κ3) is 28.7. The monoisotopic (exact) mass is 668 g/mol. The smallest absolute Gasteiger partial charge is 0.297 e. The second-order valence-corrected chi connectivity index (χ2v) is 11.0. The minimum atomic E-state index is -3.75. The number of hydrogen-bond donors (Lipinski definition) is 0. The highest BCUT2D eigenvalue weighted by atomic mass is 32.2. The highest BCUT2D eigenvalue weighted by Gasteiger charge is 2.13. The molecule has 1 aromatic rings. The van der Waals surface area contributed by atoms with Crippen molar-refractivity contribution >= 4 is 10.1 Å². The van der Waals surface area contributed by atoms with Crippen molar-refractivity contribution in [1.82, 2.24) is 0 Å². The van der Waals surface area contributed by atoms with Crippen LogP contribution in [0.15, 0.2) is 35.2 Å². The van der Waals surface area contributed by atoms with Crippen LogP contribution in [-0.4, -0.2) is 147 Å². The molecule has 14 heteroatoms. The van der Waals surface area contributed by atoms with Gasteiger partial charge in [0.15, 0.2) is 0 Å². The molecule has 0 aromatic heterocycles. The summed E-state index contributed by atoms with van der Waals surface area (Å²) in [7, 11) is -3.75. The third-order valence-electron chi connectivity index (χ3n) is 5.74. The van der Waals surface area contributed by atoms with Crippen molar-refractivity contribution < 1.29 is 60.0 Å². The lowest BCUT2D eigenvalue weighted by Crippen LogP contribution is -2.15. The van der Waals surface area contributed by atoms with E-state index in [-0.39, 0.29) is 18.1 Å². The fourth-order valence-electron chi connectivity index (χ4n) is 3.39. The standard InChI is InChI=1S/C31H56O13S/c1-2-3-7-10-34-11-12-35-13-14-36-15-16-37-17-18-38-19-20-39-21-22-40-23-24-41-25-26-42-27-28-43-29-30-44-45(32,33)31-8-5-4-6-9-31/h4-6,8-9H,2-3,7,10-30H2,1H3. The van der Waals surface area contributed by atoms with Crippen LogP contribution in [0, 0.1) is 0 Å². The predicted octanol–water partition coefficient (Wildman–Crippen LogP) is 2.75. The van der Waals surface area contributed by atoms with Crippen molar-refractivity contribution in [2.45, 2.75) is 31.1 Å². The van der Waals surface area contributed by atoms with Crippen LogP contribution in [0.1, 0.15) is 26.2 Å². The largest absolute Gasteiger partial charge is 0.379 e. The maximum atomic E-state index is 12.0. The van der Waals surface area contributed by atoms with E-state index < -0.39 is 10.1 Å². The van der Waals surface area contributed by atoms with Gasteiger partial charge in [0, 0.05) is 6.61 Å².